The largest absolute Gasteiger partial charge is 0.349 e. The second-order valence-corrected chi connectivity index (χ2v) is 9.22. The predicted octanol–water partition coefficient (Wildman–Crippen LogP) is 3.77. The molecule has 1 aliphatic rings. The predicted molar refractivity (Wildman–Crippen MR) is 110 cm³/mol. The van der Waals surface area contributed by atoms with E-state index in [4.69, 9.17) is 16.7 Å². The molecule has 0 aliphatic heterocycles. The Kier molecular flexibility index (Phi) is 5.27. The number of aromatic nitrogens is 2. The third-order valence-electron chi connectivity index (χ3n) is 5.48. The first-order valence-corrected chi connectivity index (χ1v) is 11.2. The first-order valence-electron chi connectivity index (χ1n) is 9.32. The first-order chi connectivity index (χ1) is 13.4. The lowest BCUT2D eigenvalue weighted by molar-refractivity contribution is 0.563. The Balaban J connectivity index is 1.61. The number of sulfonamides is 1. The van der Waals surface area contributed by atoms with Crippen molar-refractivity contribution in [1.29, 1.82) is 0 Å². The quantitative estimate of drug-likeness (QED) is 0.664. The summed E-state index contributed by atoms with van der Waals surface area (Å²) in [6.45, 7) is 0. The zero-order valence-corrected chi connectivity index (χ0v) is 16.9. The van der Waals surface area contributed by atoms with Crippen molar-refractivity contribution in [2.45, 2.75) is 42.9 Å². The summed E-state index contributed by atoms with van der Waals surface area (Å²) in [6.07, 6.45) is 7.98. The van der Waals surface area contributed by atoms with Crippen LogP contribution in [0.2, 0.25) is 5.02 Å². The van der Waals surface area contributed by atoms with E-state index < -0.39 is 10.0 Å². The number of nitrogens with zero attached hydrogens (tertiary/aromatic N) is 1. The van der Waals surface area contributed by atoms with Gasteiger partial charge in [-0.2, -0.15) is 0 Å². The van der Waals surface area contributed by atoms with Gasteiger partial charge in [-0.3, -0.25) is 0 Å². The molecule has 7 heteroatoms. The molecule has 3 aromatic rings. The van der Waals surface area contributed by atoms with Crippen molar-refractivity contribution >= 4 is 21.6 Å². The minimum absolute atomic E-state index is 0.0832. The van der Waals surface area contributed by atoms with Crippen LogP contribution in [0.1, 0.15) is 40.4 Å². The first kappa shape index (κ1) is 19.2. The van der Waals surface area contributed by atoms with Gasteiger partial charge in [0.15, 0.2) is 0 Å². The number of H-pyrrole nitrogens is 1. The van der Waals surface area contributed by atoms with Crippen molar-refractivity contribution < 1.29 is 8.42 Å². The molecule has 28 heavy (non-hydrogen) atoms. The molecule has 3 N–H and O–H groups in total. The molecular weight excluding hydrogens is 394 g/mol. The smallest absolute Gasteiger partial charge is 0.238 e. The van der Waals surface area contributed by atoms with E-state index in [0.29, 0.717) is 5.02 Å². The molecule has 4 rings (SSSR count). The Hall–Kier alpha value is -2.15. The van der Waals surface area contributed by atoms with E-state index in [-0.39, 0.29) is 10.8 Å². The molecule has 146 valence electrons. The van der Waals surface area contributed by atoms with Crippen molar-refractivity contribution in [2.24, 2.45) is 5.14 Å². The number of nitrogens with two attached hydrogens (primary N) is 1. The van der Waals surface area contributed by atoms with Gasteiger partial charge in [0.25, 0.3) is 0 Å². The number of hydrogen-bond acceptors (Lipinski definition) is 3. The fraction of sp³-hybridized carbons (Fsp3) is 0.286. The van der Waals surface area contributed by atoms with E-state index in [9.17, 15) is 8.42 Å². The lowest BCUT2D eigenvalue weighted by atomic mass is 9.78. The Bertz CT molecular complexity index is 1090. The fourth-order valence-electron chi connectivity index (χ4n) is 4.17. The van der Waals surface area contributed by atoms with E-state index in [1.807, 2.05) is 6.20 Å². The average Bonchev–Trinajstić information content (AvgIpc) is 3.18. The van der Waals surface area contributed by atoms with Crippen LogP contribution in [0.3, 0.4) is 0 Å². The maximum Gasteiger partial charge on any atom is 0.238 e. The topological polar surface area (TPSA) is 88.8 Å². The molecule has 1 atom stereocenters. The Morgan fingerprint density at radius 2 is 2.07 bits per heavy atom. The molecule has 1 aliphatic carbocycles. The third-order valence-corrected chi connectivity index (χ3v) is 6.70. The Morgan fingerprint density at radius 1 is 1.21 bits per heavy atom. The van der Waals surface area contributed by atoms with E-state index in [1.54, 1.807) is 18.3 Å². The molecule has 0 spiro atoms. The van der Waals surface area contributed by atoms with Gasteiger partial charge in [-0.15, -0.1) is 0 Å². The molecule has 1 aromatic heterocycles. The number of primary sulfonamides is 1. The van der Waals surface area contributed by atoms with Gasteiger partial charge in [-0.05, 0) is 72.1 Å². The molecule has 1 heterocycles. The normalized spacial score (nSPS) is 16.7. The Morgan fingerprint density at radius 3 is 2.82 bits per heavy atom. The minimum Gasteiger partial charge on any atom is -0.349 e. The van der Waals surface area contributed by atoms with Crippen molar-refractivity contribution in [2.75, 3.05) is 0 Å². The molecule has 0 amide bonds. The highest BCUT2D eigenvalue weighted by molar-refractivity contribution is 7.89. The highest BCUT2D eigenvalue weighted by atomic mass is 35.5. The van der Waals surface area contributed by atoms with Gasteiger partial charge in [-0.25, -0.2) is 18.5 Å². The molecule has 0 bridgehead atoms. The molecule has 0 saturated carbocycles. The van der Waals surface area contributed by atoms with Crippen LogP contribution in [0.4, 0.5) is 0 Å². The Labute approximate surface area is 170 Å². The second-order valence-electron chi connectivity index (χ2n) is 7.26. The van der Waals surface area contributed by atoms with Crippen LogP contribution in [0.15, 0.2) is 53.7 Å². The van der Waals surface area contributed by atoms with E-state index >= 15 is 0 Å². The number of nitrogens with one attached hydrogen (secondary N) is 1. The van der Waals surface area contributed by atoms with Crippen molar-refractivity contribution in [3.8, 4) is 0 Å². The molecule has 0 radical (unpaired) electrons. The summed E-state index contributed by atoms with van der Waals surface area (Å²) in [6, 6.07) is 11.2. The van der Waals surface area contributed by atoms with Gasteiger partial charge in [0.1, 0.15) is 5.82 Å². The highest BCUT2D eigenvalue weighted by Crippen LogP contribution is 2.37. The van der Waals surface area contributed by atoms with E-state index in [2.05, 4.69) is 28.2 Å². The molecule has 5 nitrogen and oxygen atoms in total. The van der Waals surface area contributed by atoms with Gasteiger partial charge in [0.05, 0.1) is 4.90 Å². The fourth-order valence-corrected chi connectivity index (χ4v) is 5.16. The van der Waals surface area contributed by atoms with Crippen LogP contribution in [0.25, 0.3) is 0 Å². The van der Waals surface area contributed by atoms with Gasteiger partial charge < -0.3 is 4.98 Å². The lowest BCUT2D eigenvalue weighted by Crippen LogP contribution is -2.20. The maximum absolute atomic E-state index is 12.0. The molecule has 0 saturated heterocycles. The standard InChI is InChI=1S/C21H22ClN3O2S/c22-17-6-8-20(28(23,26)27)19(13-17)16-4-7-18-14(2-1-3-15(18)12-16)5-9-21-24-10-11-25-21/h1-3,6,8,10-11,13,16H,4-5,7,9,12H2,(H,24,25)(H2,23,26,27). The van der Waals surface area contributed by atoms with Crippen LogP contribution in [0, 0.1) is 0 Å². The number of halogens is 1. The number of aryl methyl sites for hydroxylation is 2. The number of rotatable bonds is 5. The number of fused-ring (bicyclic) bond motifs is 1. The van der Waals surface area contributed by atoms with Crippen molar-refractivity contribution in [3.63, 3.8) is 0 Å². The number of hydrogen-bond donors (Lipinski definition) is 2. The lowest BCUT2D eigenvalue weighted by Gasteiger charge is -2.28. The van der Waals surface area contributed by atoms with Gasteiger partial charge in [0, 0.05) is 23.8 Å². The van der Waals surface area contributed by atoms with Gasteiger partial charge >= 0.3 is 0 Å². The zero-order chi connectivity index (χ0) is 19.7. The SMILES string of the molecule is NS(=O)(=O)c1ccc(Cl)cc1C1CCc2c(CCc3ncc[nH]3)cccc2C1. The van der Waals surface area contributed by atoms with Crippen LogP contribution in [-0.4, -0.2) is 18.4 Å². The summed E-state index contributed by atoms with van der Waals surface area (Å²) in [4.78, 5) is 7.63. The summed E-state index contributed by atoms with van der Waals surface area (Å²) in [7, 11) is -3.79. The van der Waals surface area contributed by atoms with Crippen LogP contribution in [-0.2, 0) is 35.7 Å². The number of benzene rings is 2. The average molecular weight is 416 g/mol. The summed E-state index contributed by atoms with van der Waals surface area (Å²) in [5, 5.41) is 5.97. The van der Waals surface area contributed by atoms with Gasteiger partial charge in [0.2, 0.25) is 10.0 Å². The monoisotopic (exact) mass is 415 g/mol. The van der Waals surface area contributed by atoms with Gasteiger partial charge in [-0.1, -0.05) is 29.8 Å². The highest BCUT2D eigenvalue weighted by Gasteiger charge is 2.26. The summed E-state index contributed by atoms with van der Waals surface area (Å²) in [5.74, 6) is 1.07. The number of imidazole rings is 1. The number of aromatic amines is 1. The van der Waals surface area contributed by atoms with E-state index in [1.165, 1.54) is 22.8 Å². The van der Waals surface area contributed by atoms with Crippen LogP contribution in [0.5, 0.6) is 0 Å². The third kappa shape index (κ3) is 3.99. The summed E-state index contributed by atoms with van der Waals surface area (Å²) >= 11 is 6.16. The molecule has 1 unspecified atom stereocenters. The van der Waals surface area contributed by atoms with Crippen molar-refractivity contribution in [3.05, 3.63) is 81.9 Å². The molecule has 0 fully saturated rings. The van der Waals surface area contributed by atoms with E-state index in [0.717, 1.165) is 43.5 Å². The molecular formula is C21H22ClN3O2S. The summed E-state index contributed by atoms with van der Waals surface area (Å²) < 4.78 is 24.1. The summed E-state index contributed by atoms with van der Waals surface area (Å²) in [5.41, 5.74) is 4.71. The zero-order valence-electron chi connectivity index (χ0n) is 15.4. The second kappa shape index (κ2) is 7.70. The minimum atomic E-state index is -3.79. The maximum atomic E-state index is 12.0. The van der Waals surface area contributed by atoms with Crippen molar-refractivity contribution in [1.82, 2.24) is 9.97 Å². The molecule has 2 aromatic carbocycles. The van der Waals surface area contributed by atoms with Crippen LogP contribution < -0.4 is 5.14 Å². The van der Waals surface area contributed by atoms with Crippen LogP contribution >= 0.6 is 11.6 Å².